The van der Waals surface area contributed by atoms with E-state index in [4.69, 9.17) is 10.2 Å². The molecule has 0 aromatic rings. The van der Waals surface area contributed by atoms with Crippen LogP contribution in [0.4, 0.5) is 0 Å². The zero-order chi connectivity index (χ0) is 5.54. The summed E-state index contributed by atoms with van der Waals surface area (Å²) in [5.41, 5.74) is 0. The van der Waals surface area contributed by atoms with Gasteiger partial charge in [-0.2, -0.15) is 0 Å². The van der Waals surface area contributed by atoms with Crippen molar-refractivity contribution in [3.05, 3.63) is 0 Å². The monoisotopic (exact) mass is 146 g/mol. The predicted molar refractivity (Wildman–Crippen MR) is 26.1 cm³/mol. The summed E-state index contributed by atoms with van der Waals surface area (Å²) in [6.07, 6.45) is 0. The van der Waals surface area contributed by atoms with Crippen LogP contribution < -0.4 is 51.4 Å². The topological polar surface area (TPSA) is 49.7 Å². The zero-order valence-electron chi connectivity index (χ0n) is 6.13. The summed E-state index contributed by atoms with van der Waals surface area (Å²) in [4.78, 5) is 0. The Kier molecular flexibility index (Phi) is 17.3. The van der Waals surface area contributed by atoms with Gasteiger partial charge < -0.3 is 16.4 Å². The molecule has 3 nitrogen and oxygen atoms in total. The van der Waals surface area contributed by atoms with Crippen molar-refractivity contribution in [3.8, 4) is 0 Å². The van der Waals surface area contributed by atoms with Gasteiger partial charge in [0.05, 0.1) is 26.4 Å². The van der Waals surface area contributed by atoms with Crippen molar-refractivity contribution in [2.24, 2.45) is 0 Å². The molecule has 0 saturated heterocycles. The number of hydrogen-bond acceptors (Lipinski definition) is 3. The van der Waals surface area contributed by atoms with Gasteiger partial charge in [-0.25, -0.2) is 0 Å². The van der Waals surface area contributed by atoms with Crippen molar-refractivity contribution in [2.45, 2.75) is 0 Å². The fourth-order valence-electron chi connectivity index (χ4n) is 0.231. The first-order chi connectivity index (χ1) is 3.41. The molecule has 8 heavy (non-hydrogen) atoms. The summed E-state index contributed by atoms with van der Waals surface area (Å²) >= 11 is 0. The van der Waals surface area contributed by atoms with Gasteiger partial charge in [0.15, 0.2) is 0 Å². The second kappa shape index (κ2) is 11.3. The van der Waals surface area contributed by atoms with E-state index in [-0.39, 0.29) is 66.0 Å². The summed E-state index contributed by atoms with van der Waals surface area (Å²) < 4.78 is 4.63. The van der Waals surface area contributed by atoms with Crippen molar-refractivity contribution in [1.29, 1.82) is 0 Å². The van der Waals surface area contributed by atoms with E-state index in [0.717, 1.165) is 0 Å². The molecular formula is C4H11KO3. The molecule has 4 heteroatoms. The summed E-state index contributed by atoms with van der Waals surface area (Å²) in [7, 11) is 0. The van der Waals surface area contributed by atoms with Crippen molar-refractivity contribution >= 4 is 0 Å². The third-order valence-electron chi connectivity index (χ3n) is 0.471. The van der Waals surface area contributed by atoms with Crippen LogP contribution in [0.1, 0.15) is 1.43 Å². The molecule has 46 valence electrons. The van der Waals surface area contributed by atoms with Crippen LogP contribution in [0, 0.1) is 0 Å². The minimum Gasteiger partial charge on any atom is -1.00 e. The van der Waals surface area contributed by atoms with E-state index in [1.807, 2.05) is 0 Å². The molecule has 0 amide bonds. The van der Waals surface area contributed by atoms with Gasteiger partial charge in [-0.3, -0.25) is 0 Å². The Hall–Kier alpha value is 1.52. The van der Waals surface area contributed by atoms with Crippen LogP contribution >= 0.6 is 0 Å². The standard InChI is InChI=1S/C4H10O3.K.H/c5-1-3-7-4-2-6;;/h5-6H,1-4H2;;/q;+1;-1. The summed E-state index contributed by atoms with van der Waals surface area (Å²) in [5.74, 6) is 0. The number of aliphatic hydroxyl groups excluding tert-OH is 2. The Morgan fingerprint density at radius 2 is 1.50 bits per heavy atom. The molecule has 0 atom stereocenters. The smallest absolute Gasteiger partial charge is 1.00 e. The molecule has 0 aliphatic rings. The molecular weight excluding hydrogens is 135 g/mol. The third-order valence-corrected chi connectivity index (χ3v) is 0.471. The number of rotatable bonds is 4. The molecule has 0 saturated carbocycles. The molecule has 0 aliphatic heterocycles. The number of hydrogen-bond donors (Lipinski definition) is 2. The van der Waals surface area contributed by atoms with Crippen molar-refractivity contribution in [1.82, 2.24) is 0 Å². The van der Waals surface area contributed by atoms with Gasteiger partial charge in [0, 0.05) is 0 Å². The molecule has 0 heterocycles. The van der Waals surface area contributed by atoms with Crippen molar-refractivity contribution in [3.63, 3.8) is 0 Å². The molecule has 0 bridgehead atoms. The quantitative estimate of drug-likeness (QED) is 0.315. The second-order valence-corrected chi connectivity index (χ2v) is 1.06. The second-order valence-electron chi connectivity index (χ2n) is 1.06. The summed E-state index contributed by atoms with van der Waals surface area (Å²) in [6, 6.07) is 0. The van der Waals surface area contributed by atoms with E-state index in [1.54, 1.807) is 0 Å². The molecule has 0 aromatic carbocycles. The van der Waals surface area contributed by atoms with Crippen molar-refractivity contribution in [2.75, 3.05) is 26.4 Å². The zero-order valence-corrected chi connectivity index (χ0v) is 8.25. The van der Waals surface area contributed by atoms with Gasteiger partial charge >= 0.3 is 51.4 Å². The normalized spacial score (nSPS) is 8.25. The Balaban J connectivity index is -0.000000180. The van der Waals surface area contributed by atoms with Gasteiger partial charge in [-0.15, -0.1) is 0 Å². The fourth-order valence-corrected chi connectivity index (χ4v) is 0.231. The molecule has 0 radical (unpaired) electrons. The predicted octanol–water partition coefficient (Wildman–Crippen LogP) is -3.90. The number of aliphatic hydroxyl groups is 2. The molecule has 0 aliphatic carbocycles. The first kappa shape index (κ1) is 12.2. The van der Waals surface area contributed by atoms with Crippen LogP contribution in [0.5, 0.6) is 0 Å². The van der Waals surface area contributed by atoms with Crippen LogP contribution in [0.2, 0.25) is 0 Å². The minimum absolute atomic E-state index is 0. The van der Waals surface area contributed by atoms with Gasteiger partial charge in [0.1, 0.15) is 0 Å². The largest absolute Gasteiger partial charge is 1.00 e. The molecule has 0 fully saturated rings. The minimum atomic E-state index is 0. The molecule has 0 aromatic heterocycles. The van der Waals surface area contributed by atoms with Crippen LogP contribution in [0.25, 0.3) is 0 Å². The molecule has 0 unspecified atom stereocenters. The van der Waals surface area contributed by atoms with Crippen LogP contribution in [-0.4, -0.2) is 36.6 Å². The van der Waals surface area contributed by atoms with Crippen LogP contribution in [0.15, 0.2) is 0 Å². The van der Waals surface area contributed by atoms with Crippen LogP contribution in [-0.2, 0) is 4.74 Å². The van der Waals surface area contributed by atoms with Crippen molar-refractivity contribution < 1.29 is 67.8 Å². The first-order valence-electron chi connectivity index (χ1n) is 2.21. The Bertz CT molecular complexity index is 35.0. The Labute approximate surface area is 92.9 Å². The number of ether oxygens (including phenoxy) is 1. The van der Waals surface area contributed by atoms with Crippen LogP contribution in [0.3, 0.4) is 0 Å². The van der Waals surface area contributed by atoms with E-state index >= 15 is 0 Å². The molecule has 0 spiro atoms. The average molecular weight is 146 g/mol. The molecule has 2 N–H and O–H groups in total. The third kappa shape index (κ3) is 10.5. The Morgan fingerprint density at radius 1 is 1.12 bits per heavy atom. The first-order valence-corrected chi connectivity index (χ1v) is 2.21. The maximum absolute atomic E-state index is 8.09. The van der Waals surface area contributed by atoms with Gasteiger partial charge in [0.25, 0.3) is 0 Å². The Morgan fingerprint density at radius 3 is 1.75 bits per heavy atom. The fraction of sp³-hybridized carbons (Fsp3) is 1.00. The van der Waals surface area contributed by atoms with E-state index < -0.39 is 0 Å². The van der Waals surface area contributed by atoms with Gasteiger partial charge in [-0.05, 0) is 0 Å². The van der Waals surface area contributed by atoms with Gasteiger partial charge in [-0.1, -0.05) is 0 Å². The van der Waals surface area contributed by atoms with E-state index in [1.165, 1.54) is 0 Å². The SMILES string of the molecule is OCCOCCO.[H-].[K+]. The van der Waals surface area contributed by atoms with E-state index in [2.05, 4.69) is 4.74 Å². The maximum Gasteiger partial charge on any atom is 1.00 e. The van der Waals surface area contributed by atoms with E-state index in [0.29, 0.717) is 13.2 Å². The van der Waals surface area contributed by atoms with Gasteiger partial charge in [0.2, 0.25) is 0 Å². The average Bonchev–Trinajstić information content (AvgIpc) is 1.69. The van der Waals surface area contributed by atoms with E-state index in [9.17, 15) is 0 Å². The maximum atomic E-state index is 8.09. The summed E-state index contributed by atoms with van der Waals surface area (Å²) in [5, 5.41) is 16.2. The molecule has 0 rings (SSSR count). The summed E-state index contributed by atoms with van der Waals surface area (Å²) in [6.45, 7) is 0.696.